The number of carbonyl (C=O) groups excluding carboxylic acids is 1. The fraction of sp³-hybridized carbons (Fsp3) is 0.833. The van der Waals surface area contributed by atoms with E-state index in [1.807, 2.05) is 0 Å². The van der Waals surface area contributed by atoms with Crippen molar-refractivity contribution in [2.45, 2.75) is 39.7 Å². The van der Waals surface area contributed by atoms with Crippen molar-refractivity contribution in [3.05, 3.63) is 0 Å². The zero-order valence-corrected chi connectivity index (χ0v) is 9.54. The summed E-state index contributed by atoms with van der Waals surface area (Å²) in [5, 5.41) is 0. The largest absolute Gasteiger partial charge is 0.454 e. The maximum absolute atomic E-state index is 11.3. The molecule has 2 bridgehead atoms. The van der Waals surface area contributed by atoms with Crippen LogP contribution >= 0.6 is 0 Å². The van der Waals surface area contributed by atoms with Crippen LogP contribution in [0.3, 0.4) is 0 Å². The molecule has 0 N–H and O–H groups in total. The highest BCUT2D eigenvalue weighted by atomic mass is 16.5. The Morgan fingerprint density at radius 1 is 1.40 bits per heavy atom. The lowest BCUT2D eigenvalue weighted by Gasteiger charge is -2.38. The van der Waals surface area contributed by atoms with Crippen molar-refractivity contribution in [3.8, 4) is 0 Å². The van der Waals surface area contributed by atoms with Crippen LogP contribution in [0.2, 0.25) is 0 Å². The molecular weight excluding hydrogens is 190 g/mol. The summed E-state index contributed by atoms with van der Waals surface area (Å²) < 4.78 is 5.51. The van der Waals surface area contributed by atoms with Gasteiger partial charge in [-0.05, 0) is 18.3 Å². The lowest BCUT2D eigenvalue weighted by Crippen LogP contribution is -2.44. The average molecular weight is 207 g/mol. The van der Waals surface area contributed by atoms with Gasteiger partial charge in [0.2, 0.25) is 0 Å². The molecule has 1 aliphatic heterocycles. The maximum Gasteiger partial charge on any atom is 0.328 e. The first-order valence-corrected chi connectivity index (χ1v) is 5.70. The fourth-order valence-corrected chi connectivity index (χ4v) is 3.73. The molecule has 0 aromatic heterocycles. The zero-order chi connectivity index (χ0) is 10.8. The fourth-order valence-electron chi connectivity index (χ4n) is 3.73. The topological polar surface area (TPSA) is 38.7 Å². The van der Waals surface area contributed by atoms with Gasteiger partial charge in [0.1, 0.15) is 12.6 Å². The molecule has 2 fully saturated rings. The van der Waals surface area contributed by atoms with Crippen LogP contribution < -0.4 is 0 Å². The predicted octanol–water partition coefficient (Wildman–Crippen LogP) is 1.81. The van der Waals surface area contributed by atoms with E-state index in [1.54, 1.807) is 0 Å². The van der Waals surface area contributed by atoms with Gasteiger partial charge in [-0.15, -0.1) is 0 Å². The van der Waals surface area contributed by atoms with E-state index in [-0.39, 0.29) is 29.4 Å². The molecular formula is C12H17NO2. The van der Waals surface area contributed by atoms with E-state index >= 15 is 0 Å². The molecule has 0 aromatic carbocycles. The molecule has 2 aliphatic carbocycles. The van der Waals surface area contributed by atoms with Crippen LogP contribution in [-0.4, -0.2) is 24.3 Å². The third-order valence-corrected chi connectivity index (χ3v) is 5.14. The van der Waals surface area contributed by atoms with Crippen molar-refractivity contribution in [2.24, 2.45) is 21.7 Å². The lowest BCUT2D eigenvalue weighted by atomic mass is 9.70. The van der Waals surface area contributed by atoms with E-state index in [2.05, 4.69) is 25.8 Å². The second-order valence-corrected chi connectivity index (χ2v) is 5.84. The highest BCUT2D eigenvalue weighted by Crippen LogP contribution is 2.65. The van der Waals surface area contributed by atoms with E-state index in [9.17, 15) is 4.79 Å². The van der Waals surface area contributed by atoms with Crippen molar-refractivity contribution < 1.29 is 9.53 Å². The number of ether oxygens (including phenoxy) is 1. The van der Waals surface area contributed by atoms with Gasteiger partial charge in [-0.2, -0.15) is 0 Å². The summed E-state index contributed by atoms with van der Waals surface area (Å²) in [6, 6.07) is 0. The number of aliphatic imine (C=N–C) groups is 1. The molecule has 0 amide bonds. The molecule has 3 aliphatic rings. The highest BCUT2D eigenvalue weighted by molar-refractivity contribution is 6.00. The van der Waals surface area contributed by atoms with Crippen LogP contribution in [-0.2, 0) is 9.53 Å². The first-order valence-electron chi connectivity index (χ1n) is 5.70. The summed E-state index contributed by atoms with van der Waals surface area (Å²) in [5.74, 6) is 0.369. The molecule has 2 saturated carbocycles. The number of nitrogens with zero attached hydrogens (tertiary/aromatic N) is 1. The summed E-state index contributed by atoms with van der Waals surface area (Å²) >= 11 is 0. The Kier molecular flexibility index (Phi) is 1.53. The molecule has 1 heterocycles. The van der Waals surface area contributed by atoms with Crippen LogP contribution in [0.25, 0.3) is 0 Å². The van der Waals surface area contributed by atoms with Crippen molar-refractivity contribution in [1.29, 1.82) is 0 Å². The number of esters is 1. The summed E-state index contributed by atoms with van der Waals surface area (Å²) in [6.07, 6.45) is 2.32. The Balaban J connectivity index is 2.12. The number of fused-ring (bicyclic) bond motifs is 5. The Bertz CT molecular complexity index is 372. The molecule has 82 valence electrons. The molecule has 0 saturated heterocycles. The monoisotopic (exact) mass is 207 g/mol. The zero-order valence-electron chi connectivity index (χ0n) is 9.54. The van der Waals surface area contributed by atoms with Crippen molar-refractivity contribution in [1.82, 2.24) is 0 Å². The molecule has 0 aromatic rings. The quantitative estimate of drug-likeness (QED) is 0.568. The molecule has 3 nitrogen and oxygen atoms in total. The van der Waals surface area contributed by atoms with E-state index in [1.165, 1.54) is 6.42 Å². The first kappa shape index (κ1) is 9.37. The van der Waals surface area contributed by atoms with Crippen LogP contribution in [0.5, 0.6) is 0 Å². The standard InChI is InChI=1S/C12H17NO2/c1-11(2)7-4-5-12(11,3)10-9(7)13-6-8(14)15-10/h7,10H,4-6H2,1-3H3/t7-,10-,12+/m0/s1. The van der Waals surface area contributed by atoms with Gasteiger partial charge in [-0.1, -0.05) is 20.8 Å². The minimum atomic E-state index is -0.159. The molecule has 0 unspecified atom stereocenters. The Hall–Kier alpha value is -0.860. The minimum absolute atomic E-state index is 0.0347. The smallest absolute Gasteiger partial charge is 0.328 e. The van der Waals surface area contributed by atoms with Crippen molar-refractivity contribution in [2.75, 3.05) is 6.54 Å². The predicted molar refractivity (Wildman–Crippen MR) is 56.8 cm³/mol. The number of carbonyl (C=O) groups is 1. The molecule has 15 heavy (non-hydrogen) atoms. The van der Waals surface area contributed by atoms with E-state index in [4.69, 9.17) is 4.74 Å². The van der Waals surface area contributed by atoms with Gasteiger partial charge >= 0.3 is 5.97 Å². The number of rotatable bonds is 0. The Morgan fingerprint density at radius 2 is 2.13 bits per heavy atom. The second kappa shape index (κ2) is 2.45. The molecule has 0 radical (unpaired) electrons. The van der Waals surface area contributed by atoms with Crippen LogP contribution in [0.4, 0.5) is 0 Å². The Labute approximate surface area is 89.9 Å². The summed E-state index contributed by atoms with van der Waals surface area (Å²) in [7, 11) is 0. The minimum Gasteiger partial charge on any atom is -0.454 e. The third-order valence-electron chi connectivity index (χ3n) is 5.14. The average Bonchev–Trinajstić information content (AvgIpc) is 2.48. The van der Waals surface area contributed by atoms with Crippen LogP contribution in [0, 0.1) is 16.7 Å². The third kappa shape index (κ3) is 0.876. The van der Waals surface area contributed by atoms with Gasteiger partial charge < -0.3 is 4.74 Å². The van der Waals surface area contributed by atoms with Crippen LogP contribution in [0.15, 0.2) is 4.99 Å². The SMILES string of the molecule is CC1(C)[C@H]2CC[C@]1(C)[C@H]1OC(=O)CN=C21. The van der Waals surface area contributed by atoms with Gasteiger partial charge in [0, 0.05) is 11.3 Å². The summed E-state index contributed by atoms with van der Waals surface area (Å²) in [4.78, 5) is 15.7. The highest BCUT2D eigenvalue weighted by Gasteiger charge is 2.67. The van der Waals surface area contributed by atoms with Gasteiger partial charge in [-0.25, -0.2) is 0 Å². The molecule has 3 heteroatoms. The Morgan fingerprint density at radius 3 is 2.87 bits per heavy atom. The second-order valence-electron chi connectivity index (χ2n) is 5.84. The number of hydrogen-bond acceptors (Lipinski definition) is 3. The van der Waals surface area contributed by atoms with E-state index < -0.39 is 0 Å². The normalized spacial score (nSPS) is 46.1. The van der Waals surface area contributed by atoms with Crippen molar-refractivity contribution >= 4 is 11.7 Å². The first-order chi connectivity index (χ1) is 6.97. The summed E-state index contributed by atoms with van der Waals surface area (Å²) in [5.41, 5.74) is 1.49. The van der Waals surface area contributed by atoms with Crippen molar-refractivity contribution in [3.63, 3.8) is 0 Å². The van der Waals surface area contributed by atoms with Gasteiger partial charge in [0.05, 0.1) is 5.71 Å². The van der Waals surface area contributed by atoms with E-state index in [0.29, 0.717) is 5.92 Å². The lowest BCUT2D eigenvalue weighted by molar-refractivity contribution is -0.151. The van der Waals surface area contributed by atoms with Gasteiger partial charge in [0.25, 0.3) is 0 Å². The number of hydrogen-bond donors (Lipinski definition) is 0. The van der Waals surface area contributed by atoms with E-state index in [0.717, 1.165) is 12.1 Å². The van der Waals surface area contributed by atoms with Crippen LogP contribution in [0.1, 0.15) is 33.6 Å². The molecule has 3 atom stereocenters. The molecule has 0 spiro atoms. The molecule has 3 rings (SSSR count). The van der Waals surface area contributed by atoms with Gasteiger partial charge in [-0.3, -0.25) is 9.79 Å². The summed E-state index contributed by atoms with van der Waals surface area (Å²) in [6.45, 7) is 7.06. The maximum atomic E-state index is 11.3. The van der Waals surface area contributed by atoms with Gasteiger partial charge in [0.15, 0.2) is 0 Å².